The molecule has 3 N–H and O–H groups in total. The molecule has 1 saturated heterocycles. The van der Waals surface area contributed by atoms with Gasteiger partial charge in [0.1, 0.15) is 0 Å². The molecule has 0 aromatic rings. The molecule has 1 aliphatic heterocycles. The third kappa shape index (κ3) is 4.24. The van der Waals surface area contributed by atoms with Crippen LogP contribution < -0.4 is 10.6 Å². The van der Waals surface area contributed by atoms with Crippen LogP contribution in [0.25, 0.3) is 0 Å². The number of nitrogens with one attached hydrogen (secondary N) is 2. The van der Waals surface area contributed by atoms with Crippen LogP contribution in [0.15, 0.2) is 0 Å². The third-order valence-electron chi connectivity index (χ3n) is 9.12. The van der Waals surface area contributed by atoms with Crippen molar-refractivity contribution in [3.63, 3.8) is 0 Å². The molecule has 5 aliphatic rings. The highest BCUT2D eigenvalue weighted by molar-refractivity contribution is 5.86. The number of hydrogen-bond donors (Lipinski definition) is 3. The average molecular weight is 463 g/mol. The Morgan fingerprint density at radius 3 is 2.18 bits per heavy atom. The first kappa shape index (κ1) is 24.3. The fourth-order valence-electron chi connectivity index (χ4n) is 7.23. The lowest BCUT2D eigenvalue weighted by Crippen LogP contribution is -2.68. The van der Waals surface area contributed by atoms with Crippen LogP contribution >= 0.6 is 0 Å². The summed E-state index contributed by atoms with van der Waals surface area (Å²) in [6.45, 7) is 14.4. The molecule has 8 nitrogen and oxygen atoms in total. The number of nitrogens with zero attached hydrogens (tertiary/aromatic N) is 2. The predicted molar refractivity (Wildman–Crippen MR) is 126 cm³/mol. The summed E-state index contributed by atoms with van der Waals surface area (Å²) in [5.41, 5.74) is -1.56. The van der Waals surface area contributed by atoms with Gasteiger partial charge in [0, 0.05) is 37.8 Å². The van der Waals surface area contributed by atoms with Crippen molar-refractivity contribution in [2.24, 2.45) is 29.1 Å². The summed E-state index contributed by atoms with van der Waals surface area (Å²) in [6.07, 6.45) is 3.55. The van der Waals surface area contributed by atoms with Crippen LogP contribution in [0, 0.1) is 29.1 Å². The molecule has 1 heterocycles. The van der Waals surface area contributed by atoms with E-state index in [1.165, 1.54) is 0 Å². The van der Waals surface area contributed by atoms with Crippen LogP contribution in [0.4, 0.5) is 4.79 Å². The van der Waals surface area contributed by atoms with Crippen molar-refractivity contribution >= 4 is 17.9 Å². The zero-order valence-electron chi connectivity index (χ0n) is 21.1. The van der Waals surface area contributed by atoms with E-state index < -0.39 is 16.9 Å². The molecule has 0 spiro atoms. The van der Waals surface area contributed by atoms with Crippen molar-refractivity contribution in [1.82, 2.24) is 20.4 Å². The van der Waals surface area contributed by atoms with Gasteiger partial charge in [-0.25, -0.2) is 4.79 Å². The van der Waals surface area contributed by atoms with Crippen molar-refractivity contribution in [2.45, 2.75) is 84.3 Å². The lowest BCUT2D eigenvalue weighted by Gasteiger charge is -2.62. The third-order valence-corrected chi connectivity index (χ3v) is 9.12. The second-order valence-corrected chi connectivity index (χ2v) is 12.6. The first-order chi connectivity index (χ1) is 15.2. The Labute approximate surface area is 197 Å². The lowest BCUT2D eigenvalue weighted by atomic mass is 9.44. The predicted octanol–water partition coefficient (Wildman–Crippen LogP) is 2.53. The standard InChI is InChI=1S/C25H42N4O4/c1-15-18-12-16-11-17(14-25(15,13-16)21(31)32)19(18)26-20(30)24(5,6)29-9-7-28(8-10-29)22(33)27-23(2,3)4/h15-19H,7-14H2,1-6H3,(H,26,30)(H,27,33)(H,31,32). The van der Waals surface area contributed by atoms with Gasteiger partial charge in [-0.05, 0) is 84.0 Å². The van der Waals surface area contributed by atoms with Gasteiger partial charge in [-0.1, -0.05) is 6.92 Å². The highest BCUT2D eigenvalue weighted by Crippen LogP contribution is 2.62. The maximum absolute atomic E-state index is 13.5. The molecule has 186 valence electrons. The smallest absolute Gasteiger partial charge is 0.317 e. The maximum Gasteiger partial charge on any atom is 0.317 e. The number of amides is 3. The molecule has 0 aromatic carbocycles. The van der Waals surface area contributed by atoms with E-state index in [-0.39, 0.29) is 41.3 Å². The van der Waals surface area contributed by atoms with E-state index in [9.17, 15) is 19.5 Å². The number of hydrogen-bond acceptors (Lipinski definition) is 4. The van der Waals surface area contributed by atoms with Crippen molar-refractivity contribution in [2.75, 3.05) is 26.2 Å². The minimum absolute atomic E-state index is 0.0177. The molecule has 0 radical (unpaired) electrons. The quantitative estimate of drug-likeness (QED) is 0.596. The maximum atomic E-state index is 13.5. The van der Waals surface area contributed by atoms with Gasteiger partial charge in [0.25, 0.3) is 0 Å². The molecular formula is C25H42N4O4. The van der Waals surface area contributed by atoms with Crippen LogP contribution in [0.3, 0.4) is 0 Å². The van der Waals surface area contributed by atoms with Gasteiger partial charge in [-0.15, -0.1) is 0 Å². The van der Waals surface area contributed by atoms with E-state index in [1.807, 2.05) is 39.5 Å². The molecule has 4 saturated carbocycles. The van der Waals surface area contributed by atoms with Crippen LogP contribution in [-0.4, -0.2) is 76.1 Å². The minimum Gasteiger partial charge on any atom is -0.481 e. The van der Waals surface area contributed by atoms with Gasteiger partial charge in [-0.2, -0.15) is 0 Å². The summed E-state index contributed by atoms with van der Waals surface area (Å²) in [6, 6.07) is 0.00834. The van der Waals surface area contributed by atoms with E-state index in [1.54, 1.807) is 0 Å². The number of carboxylic acid groups (broad SMARTS) is 1. The Kier molecular flexibility index (Phi) is 5.99. The Balaban J connectivity index is 1.38. The van der Waals surface area contributed by atoms with Crippen molar-refractivity contribution in [3.8, 4) is 0 Å². The molecule has 8 heteroatoms. The van der Waals surface area contributed by atoms with E-state index in [2.05, 4.69) is 22.5 Å². The van der Waals surface area contributed by atoms with E-state index in [0.717, 1.165) is 19.3 Å². The van der Waals surface area contributed by atoms with E-state index >= 15 is 0 Å². The second kappa shape index (κ2) is 8.14. The number of aliphatic carboxylic acids is 1. The Bertz CT molecular complexity index is 814. The summed E-state index contributed by atoms with van der Waals surface area (Å²) >= 11 is 0. The average Bonchev–Trinajstić information content (AvgIpc) is 2.72. The molecule has 4 aliphatic carbocycles. The number of carbonyl (C=O) groups excluding carboxylic acids is 2. The van der Waals surface area contributed by atoms with Crippen LogP contribution in [0.1, 0.15) is 67.2 Å². The Morgan fingerprint density at radius 1 is 0.970 bits per heavy atom. The van der Waals surface area contributed by atoms with Gasteiger partial charge >= 0.3 is 12.0 Å². The fraction of sp³-hybridized carbons (Fsp3) is 0.880. The molecule has 6 unspecified atom stereocenters. The zero-order valence-corrected chi connectivity index (χ0v) is 21.1. The lowest BCUT2D eigenvalue weighted by molar-refractivity contribution is -0.181. The Hall–Kier alpha value is -1.83. The summed E-state index contributed by atoms with van der Waals surface area (Å²) < 4.78 is 0. The van der Waals surface area contributed by atoms with Gasteiger partial charge < -0.3 is 20.6 Å². The van der Waals surface area contributed by atoms with E-state index in [4.69, 9.17) is 0 Å². The summed E-state index contributed by atoms with van der Waals surface area (Å²) in [4.78, 5) is 42.2. The SMILES string of the molecule is CC1C2CC3CC(CC1(C(=O)O)C3)C2NC(=O)C(C)(C)N1CCN(C(=O)NC(C)(C)C)CC1. The van der Waals surface area contributed by atoms with Crippen LogP contribution in [0.5, 0.6) is 0 Å². The number of piperazine rings is 1. The zero-order chi connectivity index (χ0) is 24.3. The molecule has 33 heavy (non-hydrogen) atoms. The molecule has 6 atom stereocenters. The van der Waals surface area contributed by atoms with Crippen LogP contribution in [0.2, 0.25) is 0 Å². The van der Waals surface area contributed by atoms with Crippen molar-refractivity contribution in [1.29, 1.82) is 0 Å². The molecular weight excluding hydrogens is 420 g/mol. The molecule has 4 bridgehead atoms. The number of urea groups is 1. The normalized spacial score (nSPS) is 36.5. The number of carboxylic acids is 1. The fourth-order valence-corrected chi connectivity index (χ4v) is 7.23. The van der Waals surface area contributed by atoms with Crippen molar-refractivity contribution < 1.29 is 19.5 Å². The monoisotopic (exact) mass is 462 g/mol. The second-order valence-electron chi connectivity index (χ2n) is 12.6. The van der Waals surface area contributed by atoms with Gasteiger partial charge in [-0.3, -0.25) is 14.5 Å². The number of rotatable bonds is 4. The number of carbonyl (C=O) groups is 3. The first-order valence-electron chi connectivity index (χ1n) is 12.6. The molecule has 5 fully saturated rings. The highest BCUT2D eigenvalue weighted by atomic mass is 16.4. The topological polar surface area (TPSA) is 102 Å². The molecule has 3 amide bonds. The highest BCUT2D eigenvalue weighted by Gasteiger charge is 2.63. The van der Waals surface area contributed by atoms with Gasteiger partial charge in [0.15, 0.2) is 0 Å². The molecule has 5 rings (SSSR count). The van der Waals surface area contributed by atoms with Crippen molar-refractivity contribution in [3.05, 3.63) is 0 Å². The summed E-state index contributed by atoms with van der Waals surface area (Å²) in [7, 11) is 0. The first-order valence-corrected chi connectivity index (χ1v) is 12.6. The summed E-state index contributed by atoms with van der Waals surface area (Å²) in [5, 5.41) is 16.4. The van der Waals surface area contributed by atoms with Crippen LogP contribution in [-0.2, 0) is 9.59 Å². The van der Waals surface area contributed by atoms with Gasteiger partial charge in [0.2, 0.25) is 5.91 Å². The molecule has 0 aromatic heterocycles. The minimum atomic E-state index is -0.686. The largest absolute Gasteiger partial charge is 0.481 e. The summed E-state index contributed by atoms with van der Waals surface area (Å²) in [5.74, 6) is 0.435. The van der Waals surface area contributed by atoms with Gasteiger partial charge in [0.05, 0.1) is 11.0 Å². The Morgan fingerprint density at radius 2 is 1.61 bits per heavy atom. The van der Waals surface area contributed by atoms with E-state index in [0.29, 0.717) is 38.5 Å².